The SMILES string of the molecule is Cn1ccnc1COc1ccc(NC(=O)COc2ccc([N+](=O)[O-])cc2)cc1. The number of aryl methyl sites for hydroxylation is 1. The van der Waals surface area contributed by atoms with Crippen LogP contribution in [0.5, 0.6) is 11.5 Å². The number of benzene rings is 2. The number of rotatable bonds is 8. The molecule has 1 aromatic heterocycles. The lowest BCUT2D eigenvalue weighted by atomic mass is 10.3. The Balaban J connectivity index is 1.46. The molecule has 3 rings (SSSR count). The van der Waals surface area contributed by atoms with Gasteiger partial charge in [-0.3, -0.25) is 14.9 Å². The number of hydrogen-bond donors (Lipinski definition) is 1. The molecule has 0 fully saturated rings. The Morgan fingerprint density at radius 3 is 2.36 bits per heavy atom. The summed E-state index contributed by atoms with van der Waals surface area (Å²) in [7, 11) is 1.89. The van der Waals surface area contributed by atoms with E-state index in [2.05, 4.69) is 10.3 Å². The molecule has 0 unspecified atom stereocenters. The number of aromatic nitrogens is 2. The second kappa shape index (κ2) is 8.67. The third-order valence-electron chi connectivity index (χ3n) is 3.84. The standard InChI is InChI=1S/C19H18N4O5/c1-22-11-10-20-18(22)12-27-16-6-2-14(3-7-16)21-19(24)13-28-17-8-4-15(5-9-17)23(25)26/h2-11H,12-13H2,1H3,(H,21,24). The quantitative estimate of drug-likeness (QED) is 0.474. The smallest absolute Gasteiger partial charge is 0.269 e. The molecule has 0 saturated heterocycles. The Morgan fingerprint density at radius 1 is 1.11 bits per heavy atom. The Kier molecular flexibility index (Phi) is 5.85. The topological polar surface area (TPSA) is 109 Å². The van der Waals surface area contributed by atoms with E-state index >= 15 is 0 Å². The number of imidazole rings is 1. The minimum absolute atomic E-state index is 0.0398. The average molecular weight is 382 g/mol. The number of amides is 1. The number of non-ortho nitro benzene ring substituents is 1. The van der Waals surface area contributed by atoms with Gasteiger partial charge >= 0.3 is 0 Å². The van der Waals surface area contributed by atoms with Crippen molar-refractivity contribution in [1.29, 1.82) is 0 Å². The van der Waals surface area contributed by atoms with Crippen LogP contribution in [-0.4, -0.2) is 27.0 Å². The fourth-order valence-electron chi connectivity index (χ4n) is 2.33. The van der Waals surface area contributed by atoms with Crippen molar-refractivity contribution in [3.63, 3.8) is 0 Å². The normalized spacial score (nSPS) is 10.3. The number of hydrogen-bond acceptors (Lipinski definition) is 6. The van der Waals surface area contributed by atoms with Gasteiger partial charge in [-0.15, -0.1) is 0 Å². The number of anilines is 1. The average Bonchev–Trinajstić information content (AvgIpc) is 3.11. The summed E-state index contributed by atoms with van der Waals surface area (Å²) in [5, 5.41) is 13.3. The van der Waals surface area contributed by atoms with Crippen LogP contribution >= 0.6 is 0 Å². The van der Waals surface area contributed by atoms with Gasteiger partial charge in [0, 0.05) is 37.3 Å². The molecule has 1 N–H and O–H groups in total. The van der Waals surface area contributed by atoms with Gasteiger partial charge in [-0.05, 0) is 36.4 Å². The Morgan fingerprint density at radius 2 is 1.75 bits per heavy atom. The first-order valence-corrected chi connectivity index (χ1v) is 8.37. The van der Waals surface area contributed by atoms with Gasteiger partial charge in [0.25, 0.3) is 11.6 Å². The van der Waals surface area contributed by atoms with E-state index in [1.54, 1.807) is 30.5 Å². The van der Waals surface area contributed by atoms with E-state index in [-0.39, 0.29) is 18.2 Å². The van der Waals surface area contributed by atoms with Gasteiger partial charge in [-0.25, -0.2) is 4.98 Å². The third kappa shape index (κ3) is 5.07. The Hall–Kier alpha value is -3.88. The maximum absolute atomic E-state index is 12.0. The summed E-state index contributed by atoms with van der Waals surface area (Å²) in [5.41, 5.74) is 0.559. The van der Waals surface area contributed by atoms with Crippen molar-refractivity contribution in [3.8, 4) is 11.5 Å². The van der Waals surface area contributed by atoms with Crippen LogP contribution in [0.15, 0.2) is 60.9 Å². The third-order valence-corrected chi connectivity index (χ3v) is 3.84. The van der Waals surface area contributed by atoms with Gasteiger partial charge < -0.3 is 19.4 Å². The molecule has 0 saturated carbocycles. The second-order valence-corrected chi connectivity index (χ2v) is 5.86. The molecule has 1 heterocycles. The zero-order valence-electron chi connectivity index (χ0n) is 15.1. The first kappa shape index (κ1) is 18.9. The highest BCUT2D eigenvalue weighted by Gasteiger charge is 2.07. The fraction of sp³-hybridized carbons (Fsp3) is 0.158. The van der Waals surface area contributed by atoms with Crippen molar-refractivity contribution in [2.45, 2.75) is 6.61 Å². The van der Waals surface area contributed by atoms with Gasteiger partial charge in [-0.2, -0.15) is 0 Å². The molecule has 144 valence electrons. The van der Waals surface area contributed by atoms with Crippen molar-refractivity contribution in [2.75, 3.05) is 11.9 Å². The van der Waals surface area contributed by atoms with Crippen LogP contribution in [0, 0.1) is 10.1 Å². The van der Waals surface area contributed by atoms with Crippen LogP contribution < -0.4 is 14.8 Å². The molecular weight excluding hydrogens is 364 g/mol. The molecule has 0 aliphatic rings. The van der Waals surface area contributed by atoms with Crippen molar-refractivity contribution in [2.24, 2.45) is 7.05 Å². The van der Waals surface area contributed by atoms with Crippen molar-refractivity contribution in [1.82, 2.24) is 9.55 Å². The van der Waals surface area contributed by atoms with Crippen LogP contribution in [0.3, 0.4) is 0 Å². The second-order valence-electron chi connectivity index (χ2n) is 5.86. The molecular formula is C19H18N4O5. The van der Waals surface area contributed by atoms with E-state index < -0.39 is 4.92 Å². The highest BCUT2D eigenvalue weighted by Crippen LogP contribution is 2.18. The molecule has 1 amide bonds. The number of nitro benzene ring substituents is 1. The molecule has 0 bridgehead atoms. The number of ether oxygens (including phenoxy) is 2. The molecule has 0 spiro atoms. The van der Waals surface area contributed by atoms with Crippen LogP contribution in [0.4, 0.5) is 11.4 Å². The minimum atomic E-state index is -0.500. The summed E-state index contributed by atoms with van der Waals surface area (Å²) in [5.74, 6) is 1.49. The first-order chi connectivity index (χ1) is 13.5. The maximum atomic E-state index is 12.0. The molecule has 3 aromatic rings. The van der Waals surface area contributed by atoms with Gasteiger partial charge in [0.15, 0.2) is 6.61 Å². The van der Waals surface area contributed by atoms with Crippen LogP contribution in [0.1, 0.15) is 5.82 Å². The van der Waals surface area contributed by atoms with Crippen molar-refractivity contribution in [3.05, 3.63) is 76.9 Å². The molecule has 28 heavy (non-hydrogen) atoms. The Bertz CT molecular complexity index is 951. The lowest BCUT2D eigenvalue weighted by Gasteiger charge is -2.09. The summed E-state index contributed by atoms with van der Waals surface area (Å²) in [6, 6.07) is 12.5. The molecule has 0 atom stereocenters. The molecule has 9 nitrogen and oxygen atoms in total. The summed E-state index contributed by atoms with van der Waals surface area (Å²) < 4.78 is 12.8. The van der Waals surface area contributed by atoms with Crippen LogP contribution in [-0.2, 0) is 18.4 Å². The van der Waals surface area contributed by atoms with Gasteiger partial charge in [0.1, 0.15) is 23.9 Å². The summed E-state index contributed by atoms with van der Waals surface area (Å²) >= 11 is 0. The predicted octanol–water partition coefficient (Wildman–Crippen LogP) is 2.92. The lowest BCUT2D eigenvalue weighted by Crippen LogP contribution is -2.20. The minimum Gasteiger partial charge on any atom is -0.486 e. The summed E-state index contributed by atoms with van der Waals surface area (Å²) in [6.45, 7) is 0.132. The number of nitrogens with zero attached hydrogens (tertiary/aromatic N) is 3. The number of nitro groups is 1. The van der Waals surface area contributed by atoms with E-state index in [4.69, 9.17) is 9.47 Å². The highest BCUT2D eigenvalue weighted by molar-refractivity contribution is 5.91. The zero-order valence-corrected chi connectivity index (χ0v) is 15.1. The van der Waals surface area contributed by atoms with Crippen molar-refractivity contribution < 1.29 is 19.2 Å². The number of carbonyl (C=O) groups excluding carboxylic acids is 1. The summed E-state index contributed by atoms with van der Waals surface area (Å²) in [6.07, 6.45) is 3.55. The highest BCUT2D eigenvalue weighted by atomic mass is 16.6. The zero-order chi connectivity index (χ0) is 19.9. The fourth-order valence-corrected chi connectivity index (χ4v) is 2.33. The van der Waals surface area contributed by atoms with Gasteiger partial charge in [0.2, 0.25) is 0 Å². The predicted molar refractivity (Wildman–Crippen MR) is 101 cm³/mol. The van der Waals surface area contributed by atoms with Crippen molar-refractivity contribution >= 4 is 17.3 Å². The van der Waals surface area contributed by atoms with Gasteiger partial charge in [-0.1, -0.05) is 0 Å². The molecule has 0 radical (unpaired) electrons. The molecule has 2 aromatic carbocycles. The molecule has 9 heteroatoms. The monoisotopic (exact) mass is 382 g/mol. The van der Waals surface area contributed by atoms with E-state index in [9.17, 15) is 14.9 Å². The maximum Gasteiger partial charge on any atom is 0.269 e. The van der Waals surface area contributed by atoms with E-state index in [0.29, 0.717) is 23.8 Å². The van der Waals surface area contributed by atoms with Gasteiger partial charge in [0.05, 0.1) is 4.92 Å². The van der Waals surface area contributed by atoms with E-state index in [0.717, 1.165) is 5.82 Å². The van der Waals surface area contributed by atoms with Crippen LogP contribution in [0.25, 0.3) is 0 Å². The Labute approximate surface area is 160 Å². The lowest BCUT2D eigenvalue weighted by molar-refractivity contribution is -0.384. The number of carbonyl (C=O) groups is 1. The molecule has 0 aliphatic heterocycles. The molecule has 0 aliphatic carbocycles. The van der Waals surface area contributed by atoms with Crippen LogP contribution in [0.2, 0.25) is 0 Å². The summed E-state index contributed by atoms with van der Waals surface area (Å²) in [4.78, 5) is 26.3. The van der Waals surface area contributed by atoms with E-state index in [1.165, 1.54) is 24.3 Å². The largest absolute Gasteiger partial charge is 0.486 e. The number of nitrogens with one attached hydrogen (secondary N) is 1. The first-order valence-electron chi connectivity index (χ1n) is 8.37. The van der Waals surface area contributed by atoms with E-state index in [1.807, 2.05) is 17.8 Å².